The molecule has 1 aromatic rings. The highest BCUT2D eigenvalue weighted by Gasteiger charge is 2.18. The van der Waals surface area contributed by atoms with Gasteiger partial charge in [-0.3, -0.25) is 0 Å². The molecule has 0 amide bonds. The Morgan fingerprint density at radius 2 is 2.28 bits per heavy atom. The zero-order valence-corrected chi connectivity index (χ0v) is 11.8. The fourth-order valence-electron chi connectivity index (χ4n) is 2.81. The number of benzene rings is 1. The number of rotatable bonds is 4. The van der Waals surface area contributed by atoms with Crippen molar-refractivity contribution in [2.45, 2.75) is 12.8 Å². The largest absolute Gasteiger partial charge is 0.388 e. The Hall–Kier alpha value is -1.22. The standard InChI is InChI=1S/C15H25N3/c1-16-14-7-4-8-15(10-14)18(3)12-13-6-5-9-17(2)11-13/h4,7-8,10,13,16H,5-6,9,11-12H2,1-3H3. The molecule has 2 rings (SSSR count). The Balaban J connectivity index is 1.95. The van der Waals surface area contributed by atoms with Crippen molar-refractivity contribution in [1.29, 1.82) is 0 Å². The van der Waals surface area contributed by atoms with E-state index in [4.69, 9.17) is 0 Å². The number of hydrogen-bond acceptors (Lipinski definition) is 3. The van der Waals surface area contributed by atoms with Crippen LogP contribution in [0, 0.1) is 5.92 Å². The average molecular weight is 247 g/mol. The van der Waals surface area contributed by atoms with Crippen LogP contribution in [0.15, 0.2) is 24.3 Å². The van der Waals surface area contributed by atoms with Gasteiger partial charge in [0, 0.05) is 38.6 Å². The van der Waals surface area contributed by atoms with Gasteiger partial charge < -0.3 is 15.1 Å². The lowest BCUT2D eigenvalue weighted by Crippen LogP contribution is -2.38. The quantitative estimate of drug-likeness (QED) is 0.882. The molecule has 3 heteroatoms. The third kappa shape index (κ3) is 3.39. The molecular weight excluding hydrogens is 222 g/mol. The van der Waals surface area contributed by atoms with E-state index in [2.05, 4.69) is 53.5 Å². The number of nitrogens with one attached hydrogen (secondary N) is 1. The van der Waals surface area contributed by atoms with Gasteiger partial charge in [-0.25, -0.2) is 0 Å². The van der Waals surface area contributed by atoms with E-state index in [1.165, 1.54) is 37.3 Å². The lowest BCUT2D eigenvalue weighted by Gasteiger charge is -2.33. The van der Waals surface area contributed by atoms with Crippen molar-refractivity contribution in [2.24, 2.45) is 5.92 Å². The van der Waals surface area contributed by atoms with Gasteiger partial charge in [0.25, 0.3) is 0 Å². The molecule has 1 aromatic carbocycles. The van der Waals surface area contributed by atoms with Gasteiger partial charge in [0.15, 0.2) is 0 Å². The Kier molecular flexibility index (Phi) is 4.48. The Morgan fingerprint density at radius 1 is 1.44 bits per heavy atom. The van der Waals surface area contributed by atoms with Crippen LogP contribution >= 0.6 is 0 Å². The van der Waals surface area contributed by atoms with E-state index >= 15 is 0 Å². The van der Waals surface area contributed by atoms with Crippen LogP contribution in [-0.2, 0) is 0 Å². The molecule has 1 heterocycles. The summed E-state index contributed by atoms with van der Waals surface area (Å²) in [6, 6.07) is 8.62. The summed E-state index contributed by atoms with van der Waals surface area (Å²) in [5, 5.41) is 3.20. The molecule has 0 bridgehead atoms. The first-order valence-electron chi connectivity index (χ1n) is 6.86. The topological polar surface area (TPSA) is 18.5 Å². The first-order valence-corrected chi connectivity index (χ1v) is 6.86. The minimum absolute atomic E-state index is 0.798. The molecule has 1 aliphatic rings. The second kappa shape index (κ2) is 6.10. The maximum Gasteiger partial charge on any atom is 0.0384 e. The highest BCUT2D eigenvalue weighted by Crippen LogP contribution is 2.22. The SMILES string of the molecule is CNc1cccc(N(C)CC2CCCN(C)C2)c1. The summed E-state index contributed by atoms with van der Waals surface area (Å²) < 4.78 is 0. The van der Waals surface area contributed by atoms with Crippen LogP contribution < -0.4 is 10.2 Å². The summed E-state index contributed by atoms with van der Waals surface area (Å²) in [6.45, 7) is 3.64. The fourth-order valence-corrected chi connectivity index (χ4v) is 2.81. The van der Waals surface area contributed by atoms with E-state index in [0.29, 0.717) is 0 Å². The van der Waals surface area contributed by atoms with Gasteiger partial charge in [-0.2, -0.15) is 0 Å². The van der Waals surface area contributed by atoms with Crippen LogP contribution in [0.5, 0.6) is 0 Å². The van der Waals surface area contributed by atoms with Crippen molar-refractivity contribution >= 4 is 11.4 Å². The number of hydrogen-bond donors (Lipinski definition) is 1. The monoisotopic (exact) mass is 247 g/mol. The molecule has 1 fully saturated rings. The van der Waals surface area contributed by atoms with Gasteiger partial charge in [0.1, 0.15) is 0 Å². The summed E-state index contributed by atoms with van der Waals surface area (Å²) in [5.74, 6) is 0.798. The van der Waals surface area contributed by atoms with Gasteiger partial charge in [-0.05, 0) is 50.6 Å². The summed E-state index contributed by atoms with van der Waals surface area (Å²) in [6.07, 6.45) is 2.70. The Morgan fingerprint density at radius 3 is 3.00 bits per heavy atom. The van der Waals surface area contributed by atoms with Gasteiger partial charge in [-0.1, -0.05) is 6.07 Å². The maximum atomic E-state index is 3.20. The molecule has 0 radical (unpaired) electrons. The van der Waals surface area contributed by atoms with Crippen LogP contribution in [0.1, 0.15) is 12.8 Å². The van der Waals surface area contributed by atoms with E-state index in [-0.39, 0.29) is 0 Å². The van der Waals surface area contributed by atoms with E-state index in [1.54, 1.807) is 0 Å². The maximum absolute atomic E-state index is 3.20. The van der Waals surface area contributed by atoms with E-state index in [0.717, 1.165) is 12.5 Å². The highest BCUT2D eigenvalue weighted by molar-refractivity contribution is 5.57. The molecule has 1 saturated heterocycles. The molecule has 100 valence electrons. The number of anilines is 2. The predicted octanol–water partition coefficient (Wildman–Crippen LogP) is 2.51. The normalized spacial score (nSPS) is 20.7. The first-order chi connectivity index (χ1) is 8.69. The van der Waals surface area contributed by atoms with Crippen LogP contribution in [0.3, 0.4) is 0 Å². The van der Waals surface area contributed by atoms with Crippen molar-refractivity contribution in [3.63, 3.8) is 0 Å². The lowest BCUT2D eigenvalue weighted by atomic mass is 9.98. The summed E-state index contributed by atoms with van der Waals surface area (Å²) in [5.41, 5.74) is 2.48. The summed E-state index contributed by atoms with van der Waals surface area (Å²) >= 11 is 0. The molecule has 1 unspecified atom stereocenters. The summed E-state index contributed by atoms with van der Waals surface area (Å²) in [4.78, 5) is 4.83. The van der Waals surface area contributed by atoms with Gasteiger partial charge in [0.05, 0.1) is 0 Å². The van der Waals surface area contributed by atoms with Crippen LogP contribution in [0.25, 0.3) is 0 Å². The van der Waals surface area contributed by atoms with E-state index in [1.807, 2.05) is 7.05 Å². The summed E-state index contributed by atoms with van der Waals surface area (Å²) in [7, 11) is 6.40. The number of nitrogens with zero attached hydrogens (tertiary/aromatic N) is 2. The fraction of sp³-hybridized carbons (Fsp3) is 0.600. The number of piperidine rings is 1. The van der Waals surface area contributed by atoms with Crippen LogP contribution in [0.4, 0.5) is 11.4 Å². The first kappa shape index (κ1) is 13.2. The third-order valence-corrected chi connectivity index (χ3v) is 3.83. The van der Waals surface area contributed by atoms with E-state index < -0.39 is 0 Å². The molecule has 18 heavy (non-hydrogen) atoms. The molecule has 0 saturated carbocycles. The zero-order chi connectivity index (χ0) is 13.0. The van der Waals surface area contributed by atoms with Crippen LogP contribution in [0.2, 0.25) is 0 Å². The minimum atomic E-state index is 0.798. The van der Waals surface area contributed by atoms with Gasteiger partial charge >= 0.3 is 0 Å². The molecule has 1 aliphatic heterocycles. The van der Waals surface area contributed by atoms with Crippen molar-refractivity contribution in [1.82, 2.24) is 4.90 Å². The molecule has 0 spiro atoms. The minimum Gasteiger partial charge on any atom is -0.388 e. The Bertz CT molecular complexity index is 378. The highest BCUT2D eigenvalue weighted by atomic mass is 15.1. The third-order valence-electron chi connectivity index (χ3n) is 3.83. The molecule has 0 aromatic heterocycles. The molecule has 1 atom stereocenters. The van der Waals surface area contributed by atoms with Crippen molar-refractivity contribution in [2.75, 3.05) is 51.0 Å². The average Bonchev–Trinajstić information content (AvgIpc) is 2.39. The van der Waals surface area contributed by atoms with Crippen molar-refractivity contribution in [3.05, 3.63) is 24.3 Å². The van der Waals surface area contributed by atoms with Gasteiger partial charge in [0.2, 0.25) is 0 Å². The second-order valence-corrected chi connectivity index (χ2v) is 5.45. The molecule has 1 N–H and O–H groups in total. The molecule has 3 nitrogen and oxygen atoms in total. The lowest BCUT2D eigenvalue weighted by molar-refractivity contribution is 0.213. The van der Waals surface area contributed by atoms with Crippen molar-refractivity contribution < 1.29 is 0 Å². The molecule has 0 aliphatic carbocycles. The zero-order valence-electron chi connectivity index (χ0n) is 11.8. The van der Waals surface area contributed by atoms with Crippen LogP contribution in [-0.4, -0.2) is 45.7 Å². The number of likely N-dealkylation sites (tertiary alicyclic amines) is 1. The molecular formula is C15H25N3. The smallest absolute Gasteiger partial charge is 0.0384 e. The van der Waals surface area contributed by atoms with E-state index in [9.17, 15) is 0 Å². The Labute approximate surface area is 111 Å². The predicted molar refractivity (Wildman–Crippen MR) is 79.5 cm³/mol. The van der Waals surface area contributed by atoms with Gasteiger partial charge in [-0.15, -0.1) is 0 Å². The van der Waals surface area contributed by atoms with Crippen molar-refractivity contribution in [3.8, 4) is 0 Å². The second-order valence-electron chi connectivity index (χ2n) is 5.45.